The van der Waals surface area contributed by atoms with Gasteiger partial charge in [-0.05, 0) is 20.0 Å². The van der Waals surface area contributed by atoms with Crippen LogP contribution in [0.15, 0.2) is 24.7 Å². The molecule has 8 heteroatoms. The molecule has 19 heavy (non-hydrogen) atoms. The van der Waals surface area contributed by atoms with E-state index < -0.39 is 0 Å². The first-order chi connectivity index (χ1) is 8.22. The summed E-state index contributed by atoms with van der Waals surface area (Å²) < 4.78 is 1.58. The highest BCUT2D eigenvalue weighted by Crippen LogP contribution is 2.06. The van der Waals surface area contributed by atoms with E-state index in [1.807, 2.05) is 14.0 Å². The Labute approximate surface area is 123 Å². The molecule has 0 aliphatic carbocycles. The number of aromatic nitrogens is 3. The number of rotatable bonds is 4. The van der Waals surface area contributed by atoms with Gasteiger partial charge in [0.25, 0.3) is 5.91 Å². The van der Waals surface area contributed by atoms with Crippen molar-refractivity contribution in [3.8, 4) is 0 Å². The molecule has 2 rings (SSSR count). The number of hydrogen-bond acceptors (Lipinski definition) is 4. The molecule has 2 aromatic heterocycles. The number of amides is 1. The van der Waals surface area contributed by atoms with E-state index >= 15 is 0 Å². The molecule has 106 valence electrons. The van der Waals surface area contributed by atoms with Crippen LogP contribution in [0.1, 0.15) is 17.3 Å². The van der Waals surface area contributed by atoms with Gasteiger partial charge in [0.05, 0.1) is 6.20 Å². The lowest BCUT2D eigenvalue weighted by atomic mass is 10.3. The van der Waals surface area contributed by atoms with Crippen LogP contribution in [-0.4, -0.2) is 40.1 Å². The van der Waals surface area contributed by atoms with Crippen LogP contribution >= 0.6 is 24.8 Å². The quantitative estimate of drug-likeness (QED) is 0.881. The van der Waals surface area contributed by atoms with E-state index in [2.05, 4.69) is 20.7 Å². The van der Waals surface area contributed by atoms with Crippen LogP contribution in [-0.2, 0) is 0 Å². The molecule has 2 aromatic rings. The molecule has 0 aromatic carbocycles. The maximum Gasteiger partial charge on any atom is 0.256 e. The number of fused-ring (bicyclic) bond motifs is 1. The van der Waals surface area contributed by atoms with Gasteiger partial charge in [0.15, 0.2) is 5.65 Å². The third-order valence-corrected chi connectivity index (χ3v) is 2.59. The molecule has 0 saturated heterocycles. The van der Waals surface area contributed by atoms with Crippen LogP contribution in [0.5, 0.6) is 0 Å². The fourth-order valence-electron chi connectivity index (χ4n) is 1.43. The van der Waals surface area contributed by atoms with Crippen molar-refractivity contribution in [2.45, 2.75) is 13.0 Å². The Bertz CT molecular complexity index is 531. The largest absolute Gasteiger partial charge is 0.350 e. The SMILES string of the molecule is CNC(C)CNC(=O)c1cnn2cccnc12.Cl.Cl. The van der Waals surface area contributed by atoms with Crippen molar-refractivity contribution in [1.29, 1.82) is 0 Å². The topological polar surface area (TPSA) is 71.3 Å². The van der Waals surface area contributed by atoms with Crippen molar-refractivity contribution in [2.24, 2.45) is 0 Å². The first-order valence-corrected chi connectivity index (χ1v) is 5.46. The zero-order chi connectivity index (χ0) is 12.3. The Morgan fingerprint density at radius 1 is 1.47 bits per heavy atom. The van der Waals surface area contributed by atoms with E-state index in [9.17, 15) is 4.79 Å². The third-order valence-electron chi connectivity index (χ3n) is 2.59. The van der Waals surface area contributed by atoms with Crippen LogP contribution in [0.25, 0.3) is 5.65 Å². The molecule has 0 spiro atoms. The molecule has 0 saturated carbocycles. The van der Waals surface area contributed by atoms with Gasteiger partial charge in [-0.2, -0.15) is 5.10 Å². The summed E-state index contributed by atoms with van der Waals surface area (Å²) in [4.78, 5) is 16.0. The lowest BCUT2D eigenvalue weighted by molar-refractivity contribution is 0.0952. The number of hydrogen-bond donors (Lipinski definition) is 2. The van der Waals surface area contributed by atoms with Crippen LogP contribution in [0.2, 0.25) is 0 Å². The average molecular weight is 306 g/mol. The summed E-state index contributed by atoms with van der Waals surface area (Å²) in [6, 6.07) is 2.00. The lowest BCUT2D eigenvalue weighted by Crippen LogP contribution is -2.37. The summed E-state index contributed by atoms with van der Waals surface area (Å²) in [7, 11) is 1.85. The van der Waals surface area contributed by atoms with Crippen molar-refractivity contribution in [2.75, 3.05) is 13.6 Å². The van der Waals surface area contributed by atoms with Gasteiger partial charge < -0.3 is 10.6 Å². The lowest BCUT2D eigenvalue weighted by Gasteiger charge is -2.10. The van der Waals surface area contributed by atoms with Crippen LogP contribution < -0.4 is 10.6 Å². The van der Waals surface area contributed by atoms with Crippen molar-refractivity contribution in [1.82, 2.24) is 25.2 Å². The predicted molar refractivity (Wildman–Crippen MR) is 78.3 cm³/mol. The molecule has 0 aliphatic heterocycles. The van der Waals surface area contributed by atoms with E-state index in [4.69, 9.17) is 0 Å². The Hall–Kier alpha value is -1.37. The summed E-state index contributed by atoms with van der Waals surface area (Å²) >= 11 is 0. The Morgan fingerprint density at radius 3 is 2.89 bits per heavy atom. The van der Waals surface area contributed by atoms with Crippen molar-refractivity contribution in [3.05, 3.63) is 30.2 Å². The standard InChI is InChI=1S/C11H15N5O.2ClH/c1-8(12-2)6-14-11(17)9-7-15-16-5-3-4-13-10(9)16;;/h3-5,7-8,12H,6H2,1-2H3,(H,14,17);2*1H. The second-order valence-corrected chi connectivity index (χ2v) is 3.85. The highest BCUT2D eigenvalue weighted by atomic mass is 35.5. The Kier molecular flexibility index (Phi) is 7.36. The van der Waals surface area contributed by atoms with Gasteiger partial charge in [0, 0.05) is 25.0 Å². The molecule has 2 heterocycles. The second-order valence-electron chi connectivity index (χ2n) is 3.85. The van der Waals surface area contributed by atoms with Crippen LogP contribution in [0.3, 0.4) is 0 Å². The number of carbonyl (C=O) groups is 1. The van der Waals surface area contributed by atoms with Crippen molar-refractivity contribution < 1.29 is 4.79 Å². The molecule has 6 nitrogen and oxygen atoms in total. The van der Waals surface area contributed by atoms with Gasteiger partial charge >= 0.3 is 0 Å². The van der Waals surface area contributed by atoms with Crippen molar-refractivity contribution >= 4 is 36.4 Å². The number of halogens is 2. The molecule has 0 fully saturated rings. The molecular formula is C11H17Cl2N5O. The van der Waals surface area contributed by atoms with E-state index in [0.717, 1.165) is 0 Å². The zero-order valence-corrected chi connectivity index (χ0v) is 12.3. The van der Waals surface area contributed by atoms with Gasteiger partial charge in [-0.3, -0.25) is 4.79 Å². The van der Waals surface area contributed by atoms with E-state index in [0.29, 0.717) is 17.8 Å². The molecule has 0 aliphatic rings. The Morgan fingerprint density at radius 2 is 2.21 bits per heavy atom. The van der Waals surface area contributed by atoms with Gasteiger partial charge in [0.1, 0.15) is 5.56 Å². The van der Waals surface area contributed by atoms with E-state index in [1.165, 1.54) is 6.20 Å². The molecule has 1 atom stereocenters. The van der Waals surface area contributed by atoms with Crippen LogP contribution in [0.4, 0.5) is 0 Å². The molecule has 1 amide bonds. The first-order valence-electron chi connectivity index (χ1n) is 5.46. The molecule has 0 bridgehead atoms. The highest BCUT2D eigenvalue weighted by molar-refractivity contribution is 5.99. The summed E-state index contributed by atoms with van der Waals surface area (Å²) in [6.07, 6.45) is 4.93. The molecule has 1 unspecified atom stereocenters. The number of nitrogens with one attached hydrogen (secondary N) is 2. The fourth-order valence-corrected chi connectivity index (χ4v) is 1.43. The average Bonchev–Trinajstić information content (AvgIpc) is 2.79. The monoisotopic (exact) mass is 305 g/mol. The molecular weight excluding hydrogens is 289 g/mol. The summed E-state index contributed by atoms with van der Waals surface area (Å²) in [5.41, 5.74) is 1.07. The normalized spacial score (nSPS) is 11.3. The Balaban J connectivity index is 0.00000162. The minimum Gasteiger partial charge on any atom is -0.350 e. The van der Waals surface area contributed by atoms with Gasteiger partial charge in [-0.25, -0.2) is 9.50 Å². The smallest absolute Gasteiger partial charge is 0.256 e. The van der Waals surface area contributed by atoms with Gasteiger partial charge in [-0.1, -0.05) is 0 Å². The minimum atomic E-state index is -0.152. The predicted octanol–water partition coefficient (Wildman–Crippen LogP) is 0.911. The van der Waals surface area contributed by atoms with Gasteiger partial charge in [-0.15, -0.1) is 24.8 Å². The first kappa shape index (κ1) is 17.6. The maximum absolute atomic E-state index is 11.9. The van der Waals surface area contributed by atoms with Crippen LogP contribution in [0, 0.1) is 0 Å². The summed E-state index contributed by atoms with van der Waals surface area (Å²) in [6.45, 7) is 2.56. The zero-order valence-electron chi connectivity index (χ0n) is 10.7. The minimum absolute atomic E-state index is 0. The summed E-state index contributed by atoms with van der Waals surface area (Å²) in [5, 5.41) is 9.95. The fraction of sp³-hybridized carbons (Fsp3) is 0.364. The van der Waals surface area contributed by atoms with E-state index in [-0.39, 0.29) is 36.8 Å². The summed E-state index contributed by atoms with van der Waals surface area (Å²) in [5.74, 6) is -0.152. The van der Waals surface area contributed by atoms with E-state index in [1.54, 1.807) is 23.0 Å². The number of nitrogens with zero attached hydrogens (tertiary/aromatic N) is 3. The van der Waals surface area contributed by atoms with Crippen molar-refractivity contribution in [3.63, 3.8) is 0 Å². The maximum atomic E-state index is 11.9. The third kappa shape index (κ3) is 4.05. The molecule has 0 radical (unpaired) electrons. The highest BCUT2D eigenvalue weighted by Gasteiger charge is 2.13. The second kappa shape index (κ2) is 7.93. The molecule has 2 N–H and O–H groups in total. The number of likely N-dealkylation sites (N-methyl/N-ethyl adjacent to an activating group) is 1. The number of carbonyl (C=O) groups excluding carboxylic acids is 1. The van der Waals surface area contributed by atoms with Gasteiger partial charge in [0.2, 0.25) is 0 Å².